The zero-order valence-corrected chi connectivity index (χ0v) is 13.5. The summed E-state index contributed by atoms with van der Waals surface area (Å²) in [6.45, 7) is 9.20. The van der Waals surface area contributed by atoms with Gasteiger partial charge in [0.05, 0.1) is 0 Å². The SMILES string of the molecule is CC(C)C[C@H](c1cn(C)c2ccccc12)N1CCNCC1. The molecule has 3 heteroatoms. The van der Waals surface area contributed by atoms with E-state index in [-0.39, 0.29) is 0 Å². The van der Waals surface area contributed by atoms with Crippen LogP contribution >= 0.6 is 0 Å². The third-order valence-electron chi connectivity index (χ3n) is 4.57. The van der Waals surface area contributed by atoms with Gasteiger partial charge in [-0.15, -0.1) is 0 Å². The molecule has 0 bridgehead atoms. The maximum absolute atomic E-state index is 3.47. The molecule has 3 nitrogen and oxygen atoms in total. The number of fused-ring (bicyclic) bond motifs is 1. The van der Waals surface area contributed by atoms with Crippen molar-refractivity contribution in [2.75, 3.05) is 26.2 Å². The molecule has 1 atom stereocenters. The lowest BCUT2D eigenvalue weighted by atomic mass is 9.94. The van der Waals surface area contributed by atoms with E-state index in [0.717, 1.165) is 26.2 Å². The third-order valence-corrected chi connectivity index (χ3v) is 4.57. The van der Waals surface area contributed by atoms with Gasteiger partial charge in [0.1, 0.15) is 0 Å². The molecule has 1 fully saturated rings. The van der Waals surface area contributed by atoms with Crippen molar-refractivity contribution in [3.63, 3.8) is 0 Å². The summed E-state index contributed by atoms with van der Waals surface area (Å²) in [5.41, 5.74) is 2.85. The maximum atomic E-state index is 3.47. The number of nitrogens with one attached hydrogen (secondary N) is 1. The van der Waals surface area contributed by atoms with Crippen LogP contribution in [0.4, 0.5) is 0 Å². The van der Waals surface area contributed by atoms with Crippen LogP contribution in [0.2, 0.25) is 0 Å². The average Bonchev–Trinajstić information content (AvgIpc) is 2.83. The van der Waals surface area contributed by atoms with Gasteiger partial charge >= 0.3 is 0 Å². The Hall–Kier alpha value is -1.32. The zero-order chi connectivity index (χ0) is 14.8. The molecule has 0 radical (unpaired) electrons. The van der Waals surface area contributed by atoms with Crippen LogP contribution in [-0.2, 0) is 7.05 Å². The summed E-state index contributed by atoms with van der Waals surface area (Å²) in [5, 5.41) is 4.89. The van der Waals surface area contributed by atoms with Crippen molar-refractivity contribution in [1.82, 2.24) is 14.8 Å². The predicted molar refractivity (Wildman–Crippen MR) is 89.6 cm³/mol. The molecule has 21 heavy (non-hydrogen) atoms. The number of benzene rings is 1. The molecule has 0 unspecified atom stereocenters. The first-order chi connectivity index (χ1) is 10.2. The fourth-order valence-corrected chi connectivity index (χ4v) is 3.55. The highest BCUT2D eigenvalue weighted by atomic mass is 15.2. The number of aromatic nitrogens is 1. The lowest BCUT2D eigenvalue weighted by molar-refractivity contribution is 0.155. The minimum Gasteiger partial charge on any atom is -0.350 e. The van der Waals surface area contributed by atoms with Gasteiger partial charge in [-0.2, -0.15) is 0 Å². The summed E-state index contributed by atoms with van der Waals surface area (Å²) in [4.78, 5) is 2.66. The minimum absolute atomic E-state index is 0.540. The monoisotopic (exact) mass is 285 g/mol. The first kappa shape index (κ1) is 14.6. The molecule has 114 valence electrons. The van der Waals surface area contributed by atoms with Crippen LogP contribution in [0.1, 0.15) is 31.9 Å². The van der Waals surface area contributed by atoms with Gasteiger partial charge in [-0.1, -0.05) is 32.0 Å². The van der Waals surface area contributed by atoms with Crippen molar-refractivity contribution in [2.45, 2.75) is 26.3 Å². The summed E-state index contributed by atoms with van der Waals surface area (Å²) in [5.74, 6) is 0.712. The average molecular weight is 285 g/mol. The Bertz CT molecular complexity index is 594. The smallest absolute Gasteiger partial charge is 0.0481 e. The van der Waals surface area contributed by atoms with Gasteiger partial charge in [0.25, 0.3) is 0 Å². The molecule has 1 saturated heterocycles. The molecule has 1 aliphatic heterocycles. The van der Waals surface area contributed by atoms with E-state index in [2.05, 4.69) is 66.1 Å². The first-order valence-corrected chi connectivity index (χ1v) is 8.15. The standard InChI is InChI=1S/C18H27N3/c1-14(2)12-18(21-10-8-19-9-11-21)16-13-20(3)17-7-5-4-6-15(16)17/h4-7,13-14,18-19H,8-12H2,1-3H3/t18-/m1/s1. The fourth-order valence-electron chi connectivity index (χ4n) is 3.55. The molecule has 0 aliphatic carbocycles. The van der Waals surface area contributed by atoms with Crippen molar-refractivity contribution in [2.24, 2.45) is 13.0 Å². The van der Waals surface area contributed by atoms with Crippen LogP contribution in [0.25, 0.3) is 10.9 Å². The van der Waals surface area contributed by atoms with E-state index in [9.17, 15) is 0 Å². The number of rotatable bonds is 4. The normalized spacial score (nSPS) is 18.5. The predicted octanol–water partition coefficient (Wildman–Crippen LogP) is 3.17. The molecular weight excluding hydrogens is 258 g/mol. The van der Waals surface area contributed by atoms with Crippen molar-refractivity contribution in [3.8, 4) is 0 Å². The minimum atomic E-state index is 0.540. The van der Waals surface area contributed by atoms with E-state index in [4.69, 9.17) is 0 Å². The highest BCUT2D eigenvalue weighted by Crippen LogP contribution is 2.34. The Morgan fingerprint density at radius 3 is 2.57 bits per heavy atom. The second kappa shape index (κ2) is 6.20. The molecule has 0 saturated carbocycles. The molecule has 1 aromatic carbocycles. The van der Waals surface area contributed by atoms with Crippen molar-refractivity contribution in [3.05, 3.63) is 36.0 Å². The van der Waals surface area contributed by atoms with Crippen LogP contribution in [0.15, 0.2) is 30.5 Å². The fraction of sp³-hybridized carbons (Fsp3) is 0.556. The van der Waals surface area contributed by atoms with Crippen LogP contribution in [0.5, 0.6) is 0 Å². The van der Waals surface area contributed by atoms with Gasteiger partial charge in [-0.3, -0.25) is 4.90 Å². The summed E-state index contributed by atoms with van der Waals surface area (Å²) >= 11 is 0. The molecule has 1 N–H and O–H groups in total. The summed E-state index contributed by atoms with van der Waals surface area (Å²) in [6.07, 6.45) is 3.58. The zero-order valence-electron chi connectivity index (χ0n) is 13.5. The number of hydrogen-bond donors (Lipinski definition) is 1. The maximum Gasteiger partial charge on any atom is 0.0481 e. The number of aryl methyl sites for hydroxylation is 1. The van der Waals surface area contributed by atoms with Crippen molar-refractivity contribution in [1.29, 1.82) is 0 Å². The van der Waals surface area contributed by atoms with Gasteiger partial charge in [-0.05, 0) is 24.0 Å². The lowest BCUT2D eigenvalue weighted by Gasteiger charge is -2.36. The number of para-hydroxylation sites is 1. The summed E-state index contributed by atoms with van der Waals surface area (Å²) < 4.78 is 2.28. The number of hydrogen-bond acceptors (Lipinski definition) is 2. The molecule has 1 aliphatic rings. The van der Waals surface area contributed by atoms with E-state index in [1.807, 2.05) is 0 Å². The Balaban J connectivity index is 2.01. The van der Waals surface area contributed by atoms with Gasteiger partial charge < -0.3 is 9.88 Å². The second-order valence-corrected chi connectivity index (χ2v) is 6.64. The molecule has 0 spiro atoms. The van der Waals surface area contributed by atoms with Gasteiger partial charge in [0, 0.05) is 56.4 Å². The molecule has 0 amide bonds. The van der Waals surface area contributed by atoms with Crippen LogP contribution in [-0.4, -0.2) is 35.6 Å². The molecular formula is C18H27N3. The van der Waals surface area contributed by atoms with Gasteiger partial charge in [-0.25, -0.2) is 0 Å². The van der Waals surface area contributed by atoms with Crippen LogP contribution in [0, 0.1) is 5.92 Å². The summed E-state index contributed by atoms with van der Waals surface area (Å²) in [7, 11) is 2.16. The van der Waals surface area contributed by atoms with Crippen LogP contribution < -0.4 is 5.32 Å². The molecule has 2 heterocycles. The van der Waals surface area contributed by atoms with E-state index < -0.39 is 0 Å². The van der Waals surface area contributed by atoms with E-state index >= 15 is 0 Å². The Labute approximate surface area is 127 Å². The van der Waals surface area contributed by atoms with Crippen molar-refractivity contribution < 1.29 is 0 Å². The highest BCUT2D eigenvalue weighted by molar-refractivity contribution is 5.84. The van der Waals surface area contributed by atoms with Crippen LogP contribution in [0.3, 0.4) is 0 Å². The lowest BCUT2D eigenvalue weighted by Crippen LogP contribution is -2.45. The Morgan fingerprint density at radius 2 is 1.86 bits per heavy atom. The van der Waals surface area contributed by atoms with Crippen molar-refractivity contribution >= 4 is 10.9 Å². The number of nitrogens with zero attached hydrogens (tertiary/aromatic N) is 2. The Morgan fingerprint density at radius 1 is 1.14 bits per heavy atom. The molecule has 2 aromatic rings. The summed E-state index contributed by atoms with van der Waals surface area (Å²) in [6, 6.07) is 9.34. The van der Waals surface area contributed by atoms with Gasteiger partial charge in [0.2, 0.25) is 0 Å². The first-order valence-electron chi connectivity index (χ1n) is 8.15. The van der Waals surface area contributed by atoms with Gasteiger partial charge in [0.15, 0.2) is 0 Å². The molecule has 1 aromatic heterocycles. The largest absolute Gasteiger partial charge is 0.350 e. The van der Waals surface area contributed by atoms with E-state index in [1.165, 1.54) is 22.9 Å². The topological polar surface area (TPSA) is 20.2 Å². The second-order valence-electron chi connectivity index (χ2n) is 6.64. The molecule has 3 rings (SSSR count). The van der Waals surface area contributed by atoms with E-state index in [1.54, 1.807) is 0 Å². The van der Waals surface area contributed by atoms with E-state index in [0.29, 0.717) is 12.0 Å². The third kappa shape index (κ3) is 2.99. The highest BCUT2D eigenvalue weighted by Gasteiger charge is 2.25. The Kier molecular flexibility index (Phi) is 4.32. The quantitative estimate of drug-likeness (QED) is 0.931. The number of piperazine rings is 1.